The van der Waals surface area contributed by atoms with Crippen LogP contribution in [0.3, 0.4) is 0 Å². The topological polar surface area (TPSA) is 20.3 Å². The van der Waals surface area contributed by atoms with E-state index >= 15 is 0 Å². The van der Waals surface area contributed by atoms with Gasteiger partial charge in [-0.2, -0.15) is 0 Å². The van der Waals surface area contributed by atoms with Crippen LogP contribution >= 0.6 is 0 Å². The molecule has 1 heterocycles. The minimum atomic E-state index is 0.0909. The number of carbonyl (C=O) groups is 1. The fourth-order valence-corrected chi connectivity index (χ4v) is 1.73. The molecule has 1 rings (SSSR count). The molecule has 1 amide bonds. The van der Waals surface area contributed by atoms with E-state index in [1.54, 1.807) is 0 Å². The van der Waals surface area contributed by atoms with Crippen LogP contribution < -0.4 is 0 Å². The molecule has 1 fully saturated rings. The Morgan fingerprint density at radius 3 is 2.71 bits per heavy atom. The molecule has 1 aliphatic rings. The Hall–Kier alpha value is -0.790. The van der Waals surface area contributed by atoms with Crippen LogP contribution in [0.2, 0.25) is 0 Å². The van der Waals surface area contributed by atoms with E-state index in [4.69, 9.17) is 0 Å². The largest absolute Gasteiger partial charge is 0.339 e. The average molecular weight is 197 g/mol. The van der Waals surface area contributed by atoms with Gasteiger partial charge < -0.3 is 4.90 Å². The van der Waals surface area contributed by atoms with Gasteiger partial charge in [0.25, 0.3) is 0 Å². The van der Waals surface area contributed by atoms with Gasteiger partial charge in [0.1, 0.15) is 0 Å². The molecule has 1 unspecified atom stereocenters. The van der Waals surface area contributed by atoms with Crippen molar-refractivity contribution in [2.45, 2.75) is 40.0 Å². The first kappa shape index (κ1) is 13.2. The number of nitrogens with zero attached hydrogens (tertiary/aromatic N) is 1. The van der Waals surface area contributed by atoms with E-state index < -0.39 is 0 Å². The Morgan fingerprint density at radius 2 is 2.21 bits per heavy atom. The van der Waals surface area contributed by atoms with Crippen molar-refractivity contribution in [1.29, 1.82) is 0 Å². The highest BCUT2D eigenvalue weighted by atomic mass is 16.2. The van der Waals surface area contributed by atoms with Gasteiger partial charge >= 0.3 is 0 Å². The predicted octanol–water partition coefficient (Wildman–Crippen LogP) is 2.85. The van der Waals surface area contributed by atoms with Gasteiger partial charge in [-0.15, -0.1) is 0 Å². The summed E-state index contributed by atoms with van der Waals surface area (Å²) in [5, 5.41) is 0. The van der Waals surface area contributed by atoms with Crippen molar-refractivity contribution in [1.82, 2.24) is 4.90 Å². The van der Waals surface area contributed by atoms with Gasteiger partial charge in [0.2, 0.25) is 5.91 Å². The zero-order valence-corrected chi connectivity index (χ0v) is 9.75. The molecule has 0 aromatic heterocycles. The van der Waals surface area contributed by atoms with Crippen LogP contribution in [0.5, 0.6) is 0 Å². The smallest absolute Gasteiger partial charge is 0.245 e. The van der Waals surface area contributed by atoms with Gasteiger partial charge in [0.15, 0.2) is 0 Å². The van der Waals surface area contributed by atoms with Crippen LogP contribution in [0.25, 0.3) is 0 Å². The molecule has 0 bridgehead atoms. The lowest BCUT2D eigenvalue weighted by Crippen LogP contribution is -2.38. The summed E-state index contributed by atoms with van der Waals surface area (Å²) in [6.45, 7) is 11.5. The maximum Gasteiger partial charge on any atom is 0.245 e. The fraction of sp³-hybridized carbons (Fsp3) is 0.750. The molecule has 0 saturated carbocycles. The van der Waals surface area contributed by atoms with Crippen molar-refractivity contribution in [3.05, 3.63) is 12.7 Å². The van der Waals surface area contributed by atoms with Crippen molar-refractivity contribution in [2.24, 2.45) is 5.92 Å². The SMILES string of the molecule is C=CC(=O)N1CCCC(CC)C1.CC. The van der Waals surface area contributed by atoms with Gasteiger partial charge in [-0.25, -0.2) is 0 Å². The lowest BCUT2D eigenvalue weighted by Gasteiger charge is -2.31. The number of amides is 1. The average Bonchev–Trinajstić information content (AvgIpc) is 2.30. The molecule has 82 valence electrons. The highest BCUT2D eigenvalue weighted by Gasteiger charge is 2.20. The normalized spacial score (nSPS) is 20.8. The summed E-state index contributed by atoms with van der Waals surface area (Å²) in [6, 6.07) is 0. The maximum atomic E-state index is 11.2. The summed E-state index contributed by atoms with van der Waals surface area (Å²) in [7, 11) is 0. The number of hydrogen-bond donors (Lipinski definition) is 0. The van der Waals surface area contributed by atoms with Crippen LogP contribution in [0, 0.1) is 5.92 Å². The van der Waals surface area contributed by atoms with E-state index in [1.807, 2.05) is 18.7 Å². The van der Waals surface area contributed by atoms with Gasteiger partial charge in [-0.1, -0.05) is 33.8 Å². The molecule has 1 atom stereocenters. The Balaban J connectivity index is 0.000000791. The highest BCUT2D eigenvalue weighted by molar-refractivity contribution is 5.87. The summed E-state index contributed by atoms with van der Waals surface area (Å²) >= 11 is 0. The third-order valence-corrected chi connectivity index (χ3v) is 2.58. The first-order valence-corrected chi connectivity index (χ1v) is 5.69. The summed E-state index contributed by atoms with van der Waals surface area (Å²) in [5.41, 5.74) is 0. The van der Waals surface area contributed by atoms with E-state index in [0.717, 1.165) is 19.5 Å². The lowest BCUT2D eigenvalue weighted by molar-refractivity contribution is -0.127. The Morgan fingerprint density at radius 1 is 1.57 bits per heavy atom. The lowest BCUT2D eigenvalue weighted by atomic mass is 9.96. The molecule has 0 radical (unpaired) electrons. The number of rotatable bonds is 2. The molecular formula is C12H23NO. The third-order valence-electron chi connectivity index (χ3n) is 2.58. The summed E-state index contributed by atoms with van der Waals surface area (Å²) in [6.07, 6.45) is 5.02. The zero-order valence-electron chi connectivity index (χ0n) is 9.75. The second-order valence-corrected chi connectivity index (χ2v) is 3.40. The van der Waals surface area contributed by atoms with Crippen LogP contribution in [0.15, 0.2) is 12.7 Å². The van der Waals surface area contributed by atoms with Gasteiger partial charge in [-0.05, 0) is 24.8 Å². The standard InChI is InChI=1S/C10H17NO.C2H6/c1-3-9-6-5-7-11(8-9)10(12)4-2;1-2/h4,9H,2-3,5-8H2,1H3;1-2H3. The summed E-state index contributed by atoms with van der Waals surface area (Å²) < 4.78 is 0. The van der Waals surface area contributed by atoms with Gasteiger partial charge in [-0.3, -0.25) is 4.79 Å². The molecular weight excluding hydrogens is 174 g/mol. The van der Waals surface area contributed by atoms with Crippen LogP contribution in [0.1, 0.15) is 40.0 Å². The second kappa shape index (κ2) is 7.60. The van der Waals surface area contributed by atoms with Crippen LogP contribution in [0.4, 0.5) is 0 Å². The molecule has 1 saturated heterocycles. The number of likely N-dealkylation sites (tertiary alicyclic amines) is 1. The van der Waals surface area contributed by atoms with Crippen molar-refractivity contribution in [2.75, 3.05) is 13.1 Å². The summed E-state index contributed by atoms with van der Waals surface area (Å²) in [4.78, 5) is 13.1. The van der Waals surface area contributed by atoms with E-state index in [9.17, 15) is 4.79 Å². The van der Waals surface area contributed by atoms with Crippen LogP contribution in [-0.2, 0) is 4.79 Å². The summed E-state index contributed by atoms with van der Waals surface area (Å²) in [5.74, 6) is 0.802. The fourth-order valence-electron chi connectivity index (χ4n) is 1.73. The van der Waals surface area contributed by atoms with E-state index in [0.29, 0.717) is 5.92 Å². The molecule has 0 N–H and O–H groups in total. The minimum absolute atomic E-state index is 0.0909. The third kappa shape index (κ3) is 3.95. The predicted molar refractivity (Wildman–Crippen MR) is 61.1 cm³/mol. The second-order valence-electron chi connectivity index (χ2n) is 3.40. The molecule has 2 nitrogen and oxygen atoms in total. The number of hydrogen-bond acceptors (Lipinski definition) is 1. The Labute approximate surface area is 88.0 Å². The monoisotopic (exact) mass is 197 g/mol. The Kier molecular flexibility index (Phi) is 7.17. The van der Waals surface area contributed by atoms with E-state index in [1.165, 1.54) is 18.9 Å². The molecule has 0 aliphatic carbocycles. The molecule has 1 aliphatic heterocycles. The molecule has 14 heavy (non-hydrogen) atoms. The molecule has 0 spiro atoms. The number of piperidine rings is 1. The minimum Gasteiger partial charge on any atom is -0.339 e. The highest BCUT2D eigenvalue weighted by Crippen LogP contribution is 2.18. The number of carbonyl (C=O) groups excluding carboxylic acids is 1. The first-order valence-electron chi connectivity index (χ1n) is 5.69. The first-order chi connectivity index (χ1) is 6.77. The van der Waals surface area contributed by atoms with Crippen molar-refractivity contribution < 1.29 is 4.79 Å². The van der Waals surface area contributed by atoms with Crippen molar-refractivity contribution in [3.8, 4) is 0 Å². The van der Waals surface area contributed by atoms with Gasteiger partial charge in [0.05, 0.1) is 0 Å². The van der Waals surface area contributed by atoms with Crippen molar-refractivity contribution >= 4 is 5.91 Å². The van der Waals surface area contributed by atoms with Gasteiger partial charge in [0, 0.05) is 13.1 Å². The van der Waals surface area contributed by atoms with Crippen LogP contribution in [-0.4, -0.2) is 23.9 Å². The maximum absolute atomic E-state index is 11.2. The van der Waals surface area contributed by atoms with E-state index in [2.05, 4.69) is 13.5 Å². The zero-order chi connectivity index (χ0) is 11.0. The Bertz CT molecular complexity index is 177. The quantitative estimate of drug-likeness (QED) is 0.623. The van der Waals surface area contributed by atoms with Crippen molar-refractivity contribution in [3.63, 3.8) is 0 Å². The molecule has 2 heteroatoms. The molecule has 0 aromatic rings. The molecule has 0 aromatic carbocycles. The van der Waals surface area contributed by atoms with E-state index in [-0.39, 0.29) is 5.91 Å².